The van der Waals surface area contributed by atoms with E-state index in [4.69, 9.17) is 0 Å². The summed E-state index contributed by atoms with van der Waals surface area (Å²) in [5.74, 6) is 0.710. The average Bonchev–Trinajstić information content (AvgIpc) is 3.13. The van der Waals surface area contributed by atoms with Crippen LogP contribution in [0.4, 0.5) is 10.1 Å². The van der Waals surface area contributed by atoms with Crippen molar-refractivity contribution in [2.75, 3.05) is 18.5 Å². The van der Waals surface area contributed by atoms with E-state index in [-0.39, 0.29) is 5.82 Å². The molecule has 0 spiro atoms. The Balaban J connectivity index is 1.70. The Labute approximate surface area is 121 Å². The highest BCUT2D eigenvalue weighted by molar-refractivity contribution is 5.53. The van der Waals surface area contributed by atoms with Crippen molar-refractivity contribution in [3.8, 4) is 0 Å². The summed E-state index contributed by atoms with van der Waals surface area (Å²) in [6, 6.07) is 6.08. The van der Waals surface area contributed by atoms with Gasteiger partial charge in [0.05, 0.1) is 0 Å². The first-order chi connectivity index (χ1) is 9.74. The van der Waals surface area contributed by atoms with Gasteiger partial charge in [-0.1, -0.05) is 18.9 Å². The minimum atomic E-state index is -0.0751. The fraction of sp³-hybridized carbons (Fsp3) is 0.647. The van der Waals surface area contributed by atoms with Gasteiger partial charge in [0.15, 0.2) is 0 Å². The lowest BCUT2D eigenvalue weighted by atomic mass is 10.1. The van der Waals surface area contributed by atoms with Gasteiger partial charge in [0.1, 0.15) is 5.82 Å². The molecule has 3 rings (SSSR count). The molecule has 3 heteroatoms. The minimum absolute atomic E-state index is 0.0751. The van der Waals surface area contributed by atoms with E-state index in [2.05, 4.69) is 23.3 Å². The number of anilines is 1. The number of nitrogens with zero attached hydrogens (tertiary/aromatic N) is 1. The van der Waals surface area contributed by atoms with Crippen LogP contribution in [0.3, 0.4) is 0 Å². The molecule has 0 aliphatic heterocycles. The average molecular weight is 276 g/mol. The molecule has 0 saturated heterocycles. The van der Waals surface area contributed by atoms with Crippen LogP contribution >= 0.6 is 0 Å². The molecule has 20 heavy (non-hydrogen) atoms. The summed E-state index contributed by atoms with van der Waals surface area (Å²) in [6.07, 6.45) is 7.85. The number of hydrogen-bond donors (Lipinski definition) is 1. The van der Waals surface area contributed by atoms with E-state index < -0.39 is 0 Å². The largest absolute Gasteiger partial charge is 0.374 e. The lowest BCUT2D eigenvalue weighted by Crippen LogP contribution is -2.27. The van der Waals surface area contributed by atoms with Gasteiger partial charge in [-0.2, -0.15) is 0 Å². The van der Waals surface area contributed by atoms with Crippen LogP contribution in [0.15, 0.2) is 18.2 Å². The first-order valence-electron chi connectivity index (χ1n) is 7.96. The third-order valence-electron chi connectivity index (χ3n) is 4.66. The summed E-state index contributed by atoms with van der Waals surface area (Å²) >= 11 is 0. The third-order valence-corrected chi connectivity index (χ3v) is 4.66. The summed E-state index contributed by atoms with van der Waals surface area (Å²) in [5.41, 5.74) is 1.89. The molecule has 1 aromatic rings. The van der Waals surface area contributed by atoms with Gasteiger partial charge in [0.2, 0.25) is 0 Å². The van der Waals surface area contributed by atoms with Crippen molar-refractivity contribution in [2.24, 2.45) is 5.92 Å². The summed E-state index contributed by atoms with van der Waals surface area (Å²) < 4.78 is 14.1. The minimum Gasteiger partial charge on any atom is -0.374 e. The smallest absolute Gasteiger partial charge is 0.129 e. The van der Waals surface area contributed by atoms with Crippen molar-refractivity contribution in [1.82, 2.24) is 5.32 Å². The lowest BCUT2D eigenvalue weighted by Gasteiger charge is -2.26. The van der Waals surface area contributed by atoms with Gasteiger partial charge < -0.3 is 10.2 Å². The first-order valence-corrected chi connectivity index (χ1v) is 7.96. The van der Waals surface area contributed by atoms with Crippen molar-refractivity contribution in [3.63, 3.8) is 0 Å². The zero-order valence-electron chi connectivity index (χ0n) is 12.4. The molecule has 0 bridgehead atoms. The van der Waals surface area contributed by atoms with Crippen LogP contribution in [0, 0.1) is 11.7 Å². The highest BCUT2D eigenvalue weighted by Crippen LogP contribution is 2.29. The van der Waals surface area contributed by atoms with Gasteiger partial charge in [-0.05, 0) is 43.7 Å². The molecule has 0 radical (unpaired) electrons. The maximum Gasteiger partial charge on any atom is 0.129 e. The van der Waals surface area contributed by atoms with Gasteiger partial charge in [0, 0.05) is 37.4 Å². The number of halogens is 1. The van der Waals surface area contributed by atoms with Crippen molar-refractivity contribution in [2.45, 2.75) is 51.1 Å². The highest BCUT2D eigenvalue weighted by Gasteiger charge is 2.23. The molecule has 2 fully saturated rings. The van der Waals surface area contributed by atoms with Crippen molar-refractivity contribution < 1.29 is 4.39 Å². The summed E-state index contributed by atoms with van der Waals surface area (Å²) in [6.45, 7) is 1.71. The summed E-state index contributed by atoms with van der Waals surface area (Å²) in [7, 11) is 2.10. The highest BCUT2D eigenvalue weighted by atomic mass is 19.1. The van der Waals surface area contributed by atoms with E-state index in [0.717, 1.165) is 23.7 Å². The Morgan fingerprint density at radius 1 is 1.20 bits per heavy atom. The van der Waals surface area contributed by atoms with Gasteiger partial charge in [0.25, 0.3) is 0 Å². The van der Waals surface area contributed by atoms with Gasteiger partial charge in [-0.3, -0.25) is 0 Å². The zero-order valence-corrected chi connectivity index (χ0v) is 12.4. The van der Waals surface area contributed by atoms with Crippen LogP contribution in [0.1, 0.15) is 44.1 Å². The quantitative estimate of drug-likeness (QED) is 0.852. The van der Waals surface area contributed by atoms with Crippen LogP contribution in [0.2, 0.25) is 0 Å². The second kappa shape index (κ2) is 6.13. The zero-order chi connectivity index (χ0) is 13.9. The van der Waals surface area contributed by atoms with E-state index in [9.17, 15) is 4.39 Å². The molecule has 1 N–H and O–H groups in total. The first kappa shape index (κ1) is 13.9. The van der Waals surface area contributed by atoms with Gasteiger partial charge in [-0.15, -0.1) is 0 Å². The fourth-order valence-electron chi connectivity index (χ4n) is 3.29. The van der Waals surface area contributed by atoms with E-state index in [1.807, 2.05) is 6.07 Å². The molecule has 1 aromatic carbocycles. The molecule has 0 amide bonds. The van der Waals surface area contributed by atoms with Crippen LogP contribution in [-0.4, -0.2) is 19.6 Å². The molecule has 2 aliphatic rings. The molecule has 110 valence electrons. The van der Waals surface area contributed by atoms with Crippen molar-refractivity contribution in [3.05, 3.63) is 29.6 Å². The Kier molecular flexibility index (Phi) is 4.25. The molecular weight excluding hydrogens is 251 g/mol. The number of rotatable bonds is 6. The molecule has 0 aromatic heterocycles. The number of hydrogen-bond acceptors (Lipinski definition) is 2. The van der Waals surface area contributed by atoms with Crippen molar-refractivity contribution in [1.29, 1.82) is 0 Å². The molecule has 2 nitrogen and oxygen atoms in total. The molecule has 0 heterocycles. The molecule has 0 atom stereocenters. The Hall–Kier alpha value is -1.09. The topological polar surface area (TPSA) is 15.3 Å². The Morgan fingerprint density at radius 2 is 1.95 bits per heavy atom. The predicted molar refractivity (Wildman–Crippen MR) is 81.5 cm³/mol. The van der Waals surface area contributed by atoms with Crippen LogP contribution in [-0.2, 0) is 6.54 Å². The predicted octanol–water partition coefficient (Wildman–Crippen LogP) is 3.70. The maximum absolute atomic E-state index is 14.1. The molecule has 0 unspecified atom stereocenters. The maximum atomic E-state index is 14.1. The summed E-state index contributed by atoms with van der Waals surface area (Å²) in [4.78, 5) is 2.25. The standard InChI is InChI=1S/C17H25FN2/c1-20(12-13-5-2-3-6-13)17-8-4-7-16(18)15(17)11-19-14-9-10-14/h4,7-8,13-14,19H,2-3,5-6,9-12H2,1H3. The number of benzene rings is 1. The van der Waals surface area contributed by atoms with E-state index in [1.165, 1.54) is 38.5 Å². The Bertz CT molecular complexity index is 450. The van der Waals surface area contributed by atoms with E-state index in [0.29, 0.717) is 12.6 Å². The normalized spacial score (nSPS) is 19.5. The molecule has 2 saturated carbocycles. The lowest BCUT2D eigenvalue weighted by molar-refractivity contribution is 0.541. The monoisotopic (exact) mass is 276 g/mol. The molecular formula is C17H25FN2. The second-order valence-electron chi connectivity index (χ2n) is 6.42. The Morgan fingerprint density at radius 3 is 2.65 bits per heavy atom. The van der Waals surface area contributed by atoms with Crippen LogP contribution < -0.4 is 10.2 Å². The van der Waals surface area contributed by atoms with E-state index >= 15 is 0 Å². The fourth-order valence-corrected chi connectivity index (χ4v) is 3.29. The van der Waals surface area contributed by atoms with Gasteiger partial charge in [-0.25, -0.2) is 4.39 Å². The van der Waals surface area contributed by atoms with Crippen LogP contribution in [0.25, 0.3) is 0 Å². The van der Waals surface area contributed by atoms with E-state index in [1.54, 1.807) is 6.07 Å². The molecule has 2 aliphatic carbocycles. The number of nitrogens with one attached hydrogen (secondary N) is 1. The van der Waals surface area contributed by atoms with Crippen LogP contribution in [0.5, 0.6) is 0 Å². The summed E-state index contributed by atoms with van der Waals surface area (Å²) in [5, 5.41) is 3.44. The SMILES string of the molecule is CN(CC1CCCC1)c1cccc(F)c1CNC1CC1. The van der Waals surface area contributed by atoms with Crippen molar-refractivity contribution >= 4 is 5.69 Å². The van der Waals surface area contributed by atoms with Gasteiger partial charge >= 0.3 is 0 Å². The third kappa shape index (κ3) is 3.32. The second-order valence-corrected chi connectivity index (χ2v) is 6.42.